The van der Waals surface area contributed by atoms with Crippen molar-refractivity contribution in [2.75, 3.05) is 5.32 Å². The zero-order valence-electron chi connectivity index (χ0n) is 16.2. The molecule has 0 bridgehead atoms. The van der Waals surface area contributed by atoms with Gasteiger partial charge in [0.1, 0.15) is 11.6 Å². The fraction of sp³-hybridized carbons (Fsp3) is 0.632. The molecular weight excluding hydrogens is 332 g/mol. The Morgan fingerprint density at radius 1 is 1.46 bits per heavy atom. The molecule has 7 heteroatoms. The summed E-state index contributed by atoms with van der Waals surface area (Å²) in [6.45, 7) is 10.1. The van der Waals surface area contributed by atoms with Crippen molar-refractivity contribution in [3.63, 3.8) is 0 Å². The number of amides is 1. The largest absolute Gasteiger partial charge is 0.393 e. The molecule has 0 aromatic carbocycles. The number of carbonyl (C=O) groups excluding carboxylic acids is 1. The second-order valence-electron chi connectivity index (χ2n) is 8.61. The molecule has 2 aromatic heterocycles. The number of aryl methyl sites for hydroxylation is 1. The van der Waals surface area contributed by atoms with Crippen LogP contribution in [0.3, 0.4) is 0 Å². The van der Waals surface area contributed by atoms with Crippen molar-refractivity contribution in [1.82, 2.24) is 14.9 Å². The first-order valence-electron chi connectivity index (χ1n) is 9.08. The van der Waals surface area contributed by atoms with Gasteiger partial charge in [-0.1, -0.05) is 12.1 Å². The minimum absolute atomic E-state index is 0.126. The summed E-state index contributed by atoms with van der Waals surface area (Å²) in [5.74, 6) is 1.03. The van der Waals surface area contributed by atoms with Gasteiger partial charge in [0.25, 0.3) is 0 Å². The Bertz CT molecular complexity index is 802. The number of hydrogen-bond donors (Lipinski definition) is 2. The highest BCUT2D eigenvalue weighted by Crippen LogP contribution is 2.41. The Hall–Kier alpha value is -2.15. The molecule has 0 saturated heterocycles. The fourth-order valence-corrected chi connectivity index (χ4v) is 3.56. The summed E-state index contributed by atoms with van der Waals surface area (Å²) in [5, 5.41) is 21.5. The highest BCUT2D eigenvalue weighted by molar-refractivity contribution is 5.91. The van der Waals surface area contributed by atoms with Crippen LogP contribution >= 0.6 is 0 Å². The smallest absolute Gasteiger partial charge is 0.233 e. The van der Waals surface area contributed by atoms with E-state index in [9.17, 15) is 9.90 Å². The molecule has 1 aliphatic rings. The minimum Gasteiger partial charge on any atom is -0.393 e. The molecule has 2 heterocycles. The standard InChI is InChI=1S/C19H28N4O3/c1-12-8-14(26-22-12)9-17(25)20-16-10-15(21-23(16)18(2,3)4)19(5)7-6-13(24)11-19/h8,10,13,24H,6-7,9,11H2,1-5H3,(H,20,25). The maximum absolute atomic E-state index is 12.5. The molecule has 2 unspecified atom stereocenters. The topological polar surface area (TPSA) is 93.2 Å². The maximum Gasteiger partial charge on any atom is 0.233 e. The summed E-state index contributed by atoms with van der Waals surface area (Å²) in [6.07, 6.45) is 2.21. The molecule has 2 N–H and O–H groups in total. The third-order valence-corrected chi connectivity index (χ3v) is 4.96. The second-order valence-corrected chi connectivity index (χ2v) is 8.61. The summed E-state index contributed by atoms with van der Waals surface area (Å²) in [4.78, 5) is 12.5. The van der Waals surface area contributed by atoms with Gasteiger partial charge in [-0.3, -0.25) is 4.79 Å². The highest BCUT2D eigenvalue weighted by Gasteiger charge is 2.39. The molecule has 0 spiro atoms. The molecule has 1 fully saturated rings. The number of aliphatic hydroxyl groups is 1. The quantitative estimate of drug-likeness (QED) is 0.874. The average molecular weight is 360 g/mol. The van der Waals surface area contributed by atoms with Gasteiger partial charge < -0.3 is 14.9 Å². The lowest BCUT2D eigenvalue weighted by molar-refractivity contribution is -0.115. The first-order chi connectivity index (χ1) is 12.1. The number of aliphatic hydroxyl groups excluding tert-OH is 1. The number of nitrogens with zero attached hydrogens (tertiary/aromatic N) is 3. The van der Waals surface area contributed by atoms with Gasteiger partial charge >= 0.3 is 0 Å². The van der Waals surface area contributed by atoms with Crippen LogP contribution in [-0.4, -0.2) is 32.1 Å². The van der Waals surface area contributed by atoms with Crippen LogP contribution in [0.4, 0.5) is 5.82 Å². The summed E-state index contributed by atoms with van der Waals surface area (Å²) in [5.41, 5.74) is 1.21. The van der Waals surface area contributed by atoms with Crippen molar-refractivity contribution < 1.29 is 14.4 Å². The van der Waals surface area contributed by atoms with Gasteiger partial charge in [-0.05, 0) is 47.0 Å². The maximum atomic E-state index is 12.5. The molecule has 1 amide bonds. The lowest BCUT2D eigenvalue weighted by Gasteiger charge is -2.24. The monoisotopic (exact) mass is 360 g/mol. The number of hydrogen-bond acceptors (Lipinski definition) is 5. The van der Waals surface area contributed by atoms with E-state index in [0.717, 1.165) is 24.2 Å². The summed E-state index contributed by atoms with van der Waals surface area (Å²) in [7, 11) is 0. The highest BCUT2D eigenvalue weighted by atomic mass is 16.5. The molecule has 1 saturated carbocycles. The zero-order chi connectivity index (χ0) is 19.1. The normalized spacial score (nSPS) is 23.4. The van der Waals surface area contributed by atoms with Gasteiger partial charge in [0.15, 0.2) is 0 Å². The average Bonchev–Trinajstić information content (AvgIpc) is 3.19. The lowest BCUT2D eigenvalue weighted by Crippen LogP contribution is -2.28. The van der Waals surface area contributed by atoms with Crippen molar-refractivity contribution in [1.29, 1.82) is 0 Å². The van der Waals surface area contributed by atoms with Crippen molar-refractivity contribution in [3.8, 4) is 0 Å². The predicted octanol–water partition coefficient (Wildman–Crippen LogP) is 2.92. The van der Waals surface area contributed by atoms with Gasteiger partial charge in [-0.25, -0.2) is 4.68 Å². The zero-order valence-corrected chi connectivity index (χ0v) is 16.2. The van der Waals surface area contributed by atoms with E-state index in [0.29, 0.717) is 18.0 Å². The SMILES string of the molecule is Cc1cc(CC(=O)Nc2cc(C3(C)CCC(O)C3)nn2C(C)(C)C)on1. The first-order valence-corrected chi connectivity index (χ1v) is 9.08. The molecule has 2 atom stereocenters. The van der Waals surface area contributed by atoms with Crippen molar-refractivity contribution in [2.45, 2.75) is 77.4 Å². The number of anilines is 1. The van der Waals surface area contributed by atoms with Crippen LogP contribution in [0.15, 0.2) is 16.7 Å². The first kappa shape index (κ1) is 18.6. The molecule has 0 aliphatic heterocycles. The van der Waals surface area contributed by atoms with Crippen LogP contribution in [0, 0.1) is 6.92 Å². The van der Waals surface area contributed by atoms with E-state index in [4.69, 9.17) is 9.62 Å². The molecule has 26 heavy (non-hydrogen) atoms. The predicted molar refractivity (Wildman–Crippen MR) is 98.0 cm³/mol. The Kier molecular flexibility index (Phi) is 4.69. The van der Waals surface area contributed by atoms with Crippen LogP contribution in [0.5, 0.6) is 0 Å². The number of nitrogens with one attached hydrogen (secondary N) is 1. The van der Waals surface area contributed by atoms with E-state index < -0.39 is 0 Å². The summed E-state index contributed by atoms with van der Waals surface area (Å²) in [6, 6.07) is 3.69. The van der Waals surface area contributed by atoms with Gasteiger partial charge in [-0.15, -0.1) is 0 Å². The Morgan fingerprint density at radius 3 is 2.73 bits per heavy atom. The Labute approximate surface area is 153 Å². The van der Waals surface area contributed by atoms with Gasteiger partial charge in [0, 0.05) is 17.5 Å². The van der Waals surface area contributed by atoms with E-state index in [-0.39, 0.29) is 29.4 Å². The molecule has 3 rings (SSSR count). The second kappa shape index (κ2) is 6.54. The summed E-state index contributed by atoms with van der Waals surface area (Å²) >= 11 is 0. The van der Waals surface area contributed by atoms with E-state index >= 15 is 0 Å². The third kappa shape index (κ3) is 3.82. The van der Waals surface area contributed by atoms with Gasteiger partial charge in [0.05, 0.1) is 29.5 Å². The third-order valence-electron chi connectivity index (χ3n) is 4.96. The number of aromatic nitrogens is 3. The van der Waals surface area contributed by atoms with Crippen LogP contribution in [-0.2, 0) is 22.2 Å². The van der Waals surface area contributed by atoms with E-state index in [1.807, 2.05) is 38.4 Å². The minimum atomic E-state index is -0.285. The Morgan fingerprint density at radius 2 is 2.19 bits per heavy atom. The number of rotatable bonds is 4. The van der Waals surface area contributed by atoms with Gasteiger partial charge in [0.2, 0.25) is 5.91 Å². The van der Waals surface area contributed by atoms with Crippen molar-refractivity contribution >= 4 is 11.7 Å². The van der Waals surface area contributed by atoms with Crippen LogP contribution < -0.4 is 5.32 Å². The molecule has 142 valence electrons. The van der Waals surface area contributed by atoms with E-state index in [2.05, 4.69) is 17.4 Å². The molecule has 1 aliphatic carbocycles. The molecule has 2 aromatic rings. The van der Waals surface area contributed by atoms with Crippen molar-refractivity contribution in [2.24, 2.45) is 0 Å². The lowest BCUT2D eigenvalue weighted by atomic mass is 9.85. The van der Waals surface area contributed by atoms with Crippen LogP contribution in [0.2, 0.25) is 0 Å². The van der Waals surface area contributed by atoms with Gasteiger partial charge in [-0.2, -0.15) is 5.10 Å². The molecule has 0 radical (unpaired) electrons. The van der Waals surface area contributed by atoms with Crippen LogP contribution in [0.1, 0.15) is 64.1 Å². The van der Waals surface area contributed by atoms with E-state index in [1.165, 1.54) is 0 Å². The fourth-order valence-electron chi connectivity index (χ4n) is 3.56. The number of carbonyl (C=O) groups is 1. The Balaban J connectivity index is 1.84. The molecule has 7 nitrogen and oxygen atoms in total. The van der Waals surface area contributed by atoms with Crippen LogP contribution in [0.25, 0.3) is 0 Å². The molecular formula is C19H28N4O3. The summed E-state index contributed by atoms with van der Waals surface area (Å²) < 4.78 is 6.97. The van der Waals surface area contributed by atoms with Crippen molar-refractivity contribution in [3.05, 3.63) is 29.3 Å². The van der Waals surface area contributed by atoms with E-state index in [1.54, 1.807) is 6.07 Å².